The van der Waals surface area contributed by atoms with Gasteiger partial charge in [-0.05, 0) is 18.1 Å². The van der Waals surface area contributed by atoms with E-state index in [0.717, 1.165) is 29.1 Å². The SMILES string of the molecule is CCc1nc2nc(C(C)C)ccc2[nH]1. The van der Waals surface area contributed by atoms with Crippen LogP contribution in [0.25, 0.3) is 11.2 Å². The normalized spacial score (nSPS) is 11.4. The van der Waals surface area contributed by atoms with Gasteiger partial charge in [-0.1, -0.05) is 20.8 Å². The molecule has 0 saturated carbocycles. The van der Waals surface area contributed by atoms with Gasteiger partial charge in [-0.3, -0.25) is 0 Å². The van der Waals surface area contributed by atoms with E-state index in [4.69, 9.17) is 0 Å². The van der Waals surface area contributed by atoms with Gasteiger partial charge in [0.15, 0.2) is 5.65 Å². The van der Waals surface area contributed by atoms with Crippen LogP contribution in [0.2, 0.25) is 0 Å². The van der Waals surface area contributed by atoms with Crippen molar-refractivity contribution in [3.63, 3.8) is 0 Å². The fourth-order valence-corrected chi connectivity index (χ4v) is 1.45. The molecule has 14 heavy (non-hydrogen) atoms. The molecular weight excluding hydrogens is 174 g/mol. The second kappa shape index (κ2) is 3.40. The fraction of sp³-hybridized carbons (Fsp3) is 0.455. The molecule has 0 amide bonds. The van der Waals surface area contributed by atoms with Gasteiger partial charge in [0, 0.05) is 12.1 Å². The minimum absolute atomic E-state index is 0.459. The third kappa shape index (κ3) is 1.50. The molecule has 0 bridgehead atoms. The lowest BCUT2D eigenvalue weighted by Gasteiger charge is -2.01. The first kappa shape index (κ1) is 9.19. The number of rotatable bonds is 2. The number of aryl methyl sites for hydroxylation is 1. The fourth-order valence-electron chi connectivity index (χ4n) is 1.45. The number of aromatic amines is 1. The second-order valence-corrected chi connectivity index (χ2v) is 3.80. The van der Waals surface area contributed by atoms with Crippen molar-refractivity contribution < 1.29 is 0 Å². The first-order chi connectivity index (χ1) is 6.70. The lowest BCUT2D eigenvalue weighted by atomic mass is 10.1. The van der Waals surface area contributed by atoms with E-state index in [1.807, 2.05) is 0 Å². The number of aromatic nitrogens is 3. The highest BCUT2D eigenvalue weighted by Crippen LogP contribution is 2.15. The molecule has 2 aromatic heterocycles. The Morgan fingerprint density at radius 1 is 1.29 bits per heavy atom. The molecule has 0 aliphatic carbocycles. The van der Waals surface area contributed by atoms with Gasteiger partial charge in [0.05, 0.1) is 5.52 Å². The Morgan fingerprint density at radius 3 is 2.71 bits per heavy atom. The lowest BCUT2D eigenvalue weighted by molar-refractivity contribution is 0.828. The van der Waals surface area contributed by atoms with Crippen LogP contribution >= 0.6 is 0 Å². The quantitative estimate of drug-likeness (QED) is 0.789. The predicted octanol–water partition coefficient (Wildman–Crippen LogP) is 2.64. The maximum atomic E-state index is 4.50. The Kier molecular flexibility index (Phi) is 2.23. The number of hydrogen-bond donors (Lipinski definition) is 1. The van der Waals surface area contributed by atoms with Gasteiger partial charge in [-0.25, -0.2) is 9.97 Å². The van der Waals surface area contributed by atoms with E-state index in [9.17, 15) is 0 Å². The van der Waals surface area contributed by atoms with Crippen LogP contribution in [0.15, 0.2) is 12.1 Å². The highest BCUT2D eigenvalue weighted by molar-refractivity contribution is 5.70. The smallest absolute Gasteiger partial charge is 0.177 e. The molecule has 0 unspecified atom stereocenters. The van der Waals surface area contributed by atoms with Gasteiger partial charge >= 0.3 is 0 Å². The summed E-state index contributed by atoms with van der Waals surface area (Å²) in [5, 5.41) is 0. The van der Waals surface area contributed by atoms with Gasteiger partial charge < -0.3 is 4.98 Å². The molecule has 2 heterocycles. The van der Waals surface area contributed by atoms with Crippen molar-refractivity contribution in [2.75, 3.05) is 0 Å². The van der Waals surface area contributed by atoms with Gasteiger partial charge in [-0.15, -0.1) is 0 Å². The Morgan fingerprint density at radius 2 is 2.07 bits per heavy atom. The summed E-state index contributed by atoms with van der Waals surface area (Å²) in [5.74, 6) is 1.47. The molecule has 0 atom stereocenters. The summed E-state index contributed by atoms with van der Waals surface area (Å²) in [7, 11) is 0. The summed E-state index contributed by atoms with van der Waals surface area (Å²) in [4.78, 5) is 12.1. The molecule has 1 N–H and O–H groups in total. The number of fused-ring (bicyclic) bond motifs is 1. The van der Waals surface area contributed by atoms with Gasteiger partial charge in [0.2, 0.25) is 0 Å². The molecule has 3 heteroatoms. The summed E-state index contributed by atoms with van der Waals surface area (Å²) in [5.41, 5.74) is 2.98. The van der Waals surface area contributed by atoms with Crippen LogP contribution in [0.3, 0.4) is 0 Å². The van der Waals surface area contributed by atoms with Crippen LogP contribution in [-0.2, 0) is 6.42 Å². The lowest BCUT2D eigenvalue weighted by Crippen LogP contribution is -1.91. The average Bonchev–Trinajstić information content (AvgIpc) is 2.58. The molecule has 0 aromatic carbocycles. The largest absolute Gasteiger partial charge is 0.341 e. The monoisotopic (exact) mass is 189 g/mol. The van der Waals surface area contributed by atoms with Crippen molar-refractivity contribution in [3.8, 4) is 0 Å². The summed E-state index contributed by atoms with van der Waals surface area (Å²) < 4.78 is 0. The molecular formula is C11H15N3. The predicted molar refractivity (Wildman–Crippen MR) is 57.4 cm³/mol. The number of nitrogens with zero attached hydrogens (tertiary/aromatic N) is 2. The highest BCUT2D eigenvalue weighted by atomic mass is 15.0. The zero-order chi connectivity index (χ0) is 10.1. The van der Waals surface area contributed by atoms with Crippen LogP contribution in [-0.4, -0.2) is 15.0 Å². The van der Waals surface area contributed by atoms with Crippen LogP contribution in [0, 0.1) is 0 Å². The first-order valence-corrected chi connectivity index (χ1v) is 5.06. The molecule has 0 aliphatic heterocycles. The van der Waals surface area contributed by atoms with Crippen LogP contribution in [0.5, 0.6) is 0 Å². The zero-order valence-corrected chi connectivity index (χ0v) is 8.83. The van der Waals surface area contributed by atoms with E-state index in [1.54, 1.807) is 0 Å². The maximum Gasteiger partial charge on any atom is 0.177 e. The maximum absolute atomic E-state index is 4.50. The first-order valence-electron chi connectivity index (χ1n) is 5.06. The third-order valence-electron chi connectivity index (χ3n) is 2.34. The number of nitrogens with one attached hydrogen (secondary N) is 1. The molecule has 3 nitrogen and oxygen atoms in total. The number of H-pyrrole nitrogens is 1. The number of hydrogen-bond acceptors (Lipinski definition) is 2. The van der Waals surface area contributed by atoms with E-state index in [2.05, 4.69) is 47.9 Å². The molecule has 2 aromatic rings. The van der Waals surface area contributed by atoms with E-state index in [1.165, 1.54) is 0 Å². The summed E-state index contributed by atoms with van der Waals surface area (Å²) in [6.45, 7) is 6.37. The van der Waals surface area contributed by atoms with Crippen molar-refractivity contribution in [3.05, 3.63) is 23.7 Å². The van der Waals surface area contributed by atoms with Gasteiger partial charge in [0.1, 0.15) is 5.82 Å². The standard InChI is InChI=1S/C11H15N3/c1-4-10-12-9-6-5-8(7(2)3)13-11(9)14-10/h5-7H,4H2,1-3H3,(H,12,13,14). The summed E-state index contributed by atoms with van der Waals surface area (Å²) in [6, 6.07) is 4.12. The van der Waals surface area contributed by atoms with Crippen molar-refractivity contribution in [1.82, 2.24) is 15.0 Å². The summed E-state index contributed by atoms with van der Waals surface area (Å²) >= 11 is 0. The van der Waals surface area contributed by atoms with Crippen LogP contribution < -0.4 is 0 Å². The minimum atomic E-state index is 0.459. The van der Waals surface area contributed by atoms with Crippen molar-refractivity contribution in [2.45, 2.75) is 33.1 Å². The Balaban J connectivity index is 2.54. The van der Waals surface area contributed by atoms with Gasteiger partial charge in [-0.2, -0.15) is 0 Å². The average molecular weight is 189 g/mol. The number of pyridine rings is 1. The Bertz CT molecular complexity index is 443. The van der Waals surface area contributed by atoms with E-state index in [-0.39, 0.29) is 0 Å². The van der Waals surface area contributed by atoms with Crippen molar-refractivity contribution >= 4 is 11.2 Å². The van der Waals surface area contributed by atoms with Crippen LogP contribution in [0.1, 0.15) is 38.2 Å². The molecule has 74 valence electrons. The van der Waals surface area contributed by atoms with Crippen LogP contribution in [0.4, 0.5) is 0 Å². The molecule has 0 aliphatic rings. The summed E-state index contributed by atoms with van der Waals surface area (Å²) in [6.07, 6.45) is 0.924. The van der Waals surface area contributed by atoms with E-state index < -0.39 is 0 Å². The van der Waals surface area contributed by atoms with Crippen molar-refractivity contribution in [1.29, 1.82) is 0 Å². The Labute approximate surface area is 83.6 Å². The number of imidazole rings is 1. The molecule has 0 spiro atoms. The second-order valence-electron chi connectivity index (χ2n) is 3.80. The minimum Gasteiger partial charge on any atom is -0.341 e. The molecule has 0 fully saturated rings. The highest BCUT2D eigenvalue weighted by Gasteiger charge is 2.05. The topological polar surface area (TPSA) is 41.6 Å². The molecule has 0 saturated heterocycles. The third-order valence-corrected chi connectivity index (χ3v) is 2.34. The van der Waals surface area contributed by atoms with E-state index >= 15 is 0 Å². The van der Waals surface area contributed by atoms with Crippen molar-refractivity contribution in [2.24, 2.45) is 0 Å². The zero-order valence-electron chi connectivity index (χ0n) is 8.83. The Hall–Kier alpha value is -1.38. The van der Waals surface area contributed by atoms with Gasteiger partial charge in [0.25, 0.3) is 0 Å². The molecule has 2 rings (SSSR count). The molecule has 0 radical (unpaired) electrons. The van der Waals surface area contributed by atoms with E-state index in [0.29, 0.717) is 5.92 Å².